The standard InChI is InChI=1S/C20H19NO3S/c1-13-4-8-16(9-5-13)23-12-18-21-15(3)19(25-18)20(22)24-17-10-6-14(2)7-11-17/h4-11H,12H2,1-3H3. The van der Waals surface area contributed by atoms with Gasteiger partial charge < -0.3 is 9.47 Å². The second kappa shape index (κ2) is 7.49. The lowest BCUT2D eigenvalue weighted by Gasteiger charge is -2.04. The lowest BCUT2D eigenvalue weighted by Crippen LogP contribution is -2.07. The van der Waals surface area contributed by atoms with Gasteiger partial charge in [0.25, 0.3) is 0 Å². The first kappa shape index (κ1) is 17.2. The average Bonchev–Trinajstić information content (AvgIpc) is 2.97. The Kier molecular flexibility index (Phi) is 5.14. The highest BCUT2D eigenvalue weighted by Gasteiger charge is 2.17. The topological polar surface area (TPSA) is 48.4 Å². The van der Waals surface area contributed by atoms with Gasteiger partial charge in [-0.15, -0.1) is 11.3 Å². The number of hydrogen-bond acceptors (Lipinski definition) is 5. The van der Waals surface area contributed by atoms with Crippen LogP contribution in [0, 0.1) is 20.8 Å². The van der Waals surface area contributed by atoms with Crippen LogP contribution in [0.5, 0.6) is 11.5 Å². The van der Waals surface area contributed by atoms with E-state index < -0.39 is 0 Å². The molecule has 4 nitrogen and oxygen atoms in total. The van der Waals surface area contributed by atoms with E-state index in [-0.39, 0.29) is 5.97 Å². The van der Waals surface area contributed by atoms with Crippen molar-refractivity contribution in [2.45, 2.75) is 27.4 Å². The van der Waals surface area contributed by atoms with E-state index in [9.17, 15) is 4.79 Å². The van der Waals surface area contributed by atoms with Crippen LogP contribution in [0.15, 0.2) is 48.5 Å². The molecule has 5 heteroatoms. The fourth-order valence-corrected chi connectivity index (χ4v) is 3.10. The normalized spacial score (nSPS) is 10.5. The first-order valence-electron chi connectivity index (χ1n) is 7.96. The van der Waals surface area contributed by atoms with E-state index in [1.807, 2.05) is 50.2 Å². The molecule has 3 aromatic rings. The maximum absolute atomic E-state index is 12.4. The van der Waals surface area contributed by atoms with Crippen molar-refractivity contribution >= 4 is 17.3 Å². The third-order valence-electron chi connectivity index (χ3n) is 3.64. The molecule has 1 aromatic heterocycles. The summed E-state index contributed by atoms with van der Waals surface area (Å²) in [6, 6.07) is 15.2. The molecule has 0 radical (unpaired) electrons. The maximum atomic E-state index is 12.4. The number of rotatable bonds is 5. The van der Waals surface area contributed by atoms with Gasteiger partial charge in [0.2, 0.25) is 0 Å². The highest BCUT2D eigenvalue weighted by atomic mass is 32.1. The van der Waals surface area contributed by atoms with Crippen LogP contribution in [0.25, 0.3) is 0 Å². The summed E-state index contributed by atoms with van der Waals surface area (Å²) in [5.74, 6) is 0.920. The lowest BCUT2D eigenvalue weighted by molar-refractivity contribution is 0.0739. The van der Waals surface area contributed by atoms with E-state index in [2.05, 4.69) is 4.98 Å². The second-order valence-electron chi connectivity index (χ2n) is 5.83. The molecule has 0 saturated carbocycles. The Hall–Kier alpha value is -2.66. The van der Waals surface area contributed by atoms with Crippen molar-refractivity contribution in [3.8, 4) is 11.5 Å². The van der Waals surface area contributed by atoms with Crippen LogP contribution >= 0.6 is 11.3 Å². The van der Waals surface area contributed by atoms with E-state index in [1.165, 1.54) is 16.9 Å². The molecule has 128 valence electrons. The van der Waals surface area contributed by atoms with Crippen LogP contribution in [0.1, 0.15) is 31.5 Å². The Bertz CT molecular complexity index is 867. The van der Waals surface area contributed by atoms with Gasteiger partial charge in [-0.25, -0.2) is 9.78 Å². The summed E-state index contributed by atoms with van der Waals surface area (Å²) in [4.78, 5) is 17.3. The van der Waals surface area contributed by atoms with Crippen molar-refractivity contribution in [2.75, 3.05) is 0 Å². The Morgan fingerprint density at radius 1 is 0.920 bits per heavy atom. The minimum absolute atomic E-state index is 0.326. The SMILES string of the molecule is Cc1ccc(OCc2nc(C)c(C(=O)Oc3ccc(C)cc3)s2)cc1. The molecule has 0 atom stereocenters. The number of benzene rings is 2. The van der Waals surface area contributed by atoms with Crippen LogP contribution < -0.4 is 9.47 Å². The highest BCUT2D eigenvalue weighted by Crippen LogP contribution is 2.23. The van der Waals surface area contributed by atoms with Crippen LogP contribution in [0.3, 0.4) is 0 Å². The van der Waals surface area contributed by atoms with Gasteiger partial charge in [-0.1, -0.05) is 35.4 Å². The highest BCUT2D eigenvalue weighted by molar-refractivity contribution is 7.13. The average molecular weight is 353 g/mol. The minimum atomic E-state index is -0.388. The Morgan fingerprint density at radius 2 is 1.48 bits per heavy atom. The quantitative estimate of drug-likeness (QED) is 0.485. The van der Waals surface area contributed by atoms with Gasteiger partial charge in [0, 0.05) is 0 Å². The molecule has 1 heterocycles. The molecule has 0 fully saturated rings. The predicted octanol–water partition coefficient (Wildman–Crippen LogP) is 4.87. The van der Waals surface area contributed by atoms with Gasteiger partial charge >= 0.3 is 5.97 Å². The van der Waals surface area contributed by atoms with Gasteiger partial charge in [-0.2, -0.15) is 0 Å². The number of hydrogen-bond donors (Lipinski definition) is 0. The summed E-state index contributed by atoms with van der Waals surface area (Å²) in [7, 11) is 0. The molecule has 0 unspecified atom stereocenters. The molecule has 0 spiro atoms. The van der Waals surface area contributed by atoms with E-state index in [1.54, 1.807) is 19.1 Å². The molecule has 0 aliphatic rings. The van der Waals surface area contributed by atoms with Crippen LogP contribution in [-0.2, 0) is 6.61 Å². The summed E-state index contributed by atoms with van der Waals surface area (Å²) in [6.07, 6.45) is 0. The fourth-order valence-electron chi connectivity index (χ4n) is 2.24. The van der Waals surface area contributed by atoms with E-state index >= 15 is 0 Å². The largest absolute Gasteiger partial charge is 0.486 e. The van der Waals surface area contributed by atoms with Gasteiger partial charge in [0.1, 0.15) is 28.0 Å². The zero-order chi connectivity index (χ0) is 17.8. The summed E-state index contributed by atoms with van der Waals surface area (Å²) >= 11 is 1.30. The predicted molar refractivity (Wildman–Crippen MR) is 98.5 cm³/mol. The van der Waals surface area contributed by atoms with Crippen molar-refractivity contribution in [3.05, 3.63) is 75.2 Å². The molecular formula is C20H19NO3S. The summed E-state index contributed by atoms with van der Waals surface area (Å²) in [5.41, 5.74) is 2.95. The van der Waals surface area contributed by atoms with Crippen molar-refractivity contribution in [1.82, 2.24) is 4.98 Å². The third-order valence-corrected chi connectivity index (χ3v) is 4.75. The number of esters is 1. The van der Waals surface area contributed by atoms with E-state index in [0.29, 0.717) is 22.9 Å². The van der Waals surface area contributed by atoms with Gasteiger partial charge in [-0.3, -0.25) is 0 Å². The third kappa shape index (κ3) is 4.45. The first-order valence-corrected chi connectivity index (χ1v) is 8.77. The number of nitrogens with zero attached hydrogens (tertiary/aromatic N) is 1. The fraction of sp³-hybridized carbons (Fsp3) is 0.200. The Morgan fingerprint density at radius 3 is 2.08 bits per heavy atom. The monoisotopic (exact) mass is 353 g/mol. The molecule has 25 heavy (non-hydrogen) atoms. The summed E-state index contributed by atoms with van der Waals surface area (Å²) in [5, 5.41) is 0.744. The number of ether oxygens (including phenoxy) is 2. The molecule has 0 aliphatic carbocycles. The molecule has 2 aromatic carbocycles. The first-order chi connectivity index (χ1) is 12.0. The number of thiazole rings is 1. The molecular weight excluding hydrogens is 334 g/mol. The molecule has 0 amide bonds. The number of carbonyl (C=O) groups is 1. The van der Waals surface area contributed by atoms with Crippen molar-refractivity contribution in [3.63, 3.8) is 0 Å². The summed E-state index contributed by atoms with van der Waals surface area (Å²) < 4.78 is 11.1. The van der Waals surface area contributed by atoms with Gasteiger partial charge in [-0.05, 0) is 45.0 Å². The second-order valence-corrected chi connectivity index (χ2v) is 6.91. The molecule has 0 aliphatic heterocycles. The van der Waals surface area contributed by atoms with E-state index in [4.69, 9.17) is 9.47 Å². The molecule has 0 N–H and O–H groups in total. The van der Waals surface area contributed by atoms with Gasteiger partial charge in [0.05, 0.1) is 5.69 Å². The molecule has 0 saturated heterocycles. The number of aromatic nitrogens is 1. The molecule has 0 bridgehead atoms. The lowest BCUT2D eigenvalue weighted by atomic mass is 10.2. The van der Waals surface area contributed by atoms with Crippen LogP contribution in [0.2, 0.25) is 0 Å². The van der Waals surface area contributed by atoms with Crippen molar-refractivity contribution in [2.24, 2.45) is 0 Å². The van der Waals surface area contributed by atoms with Gasteiger partial charge in [0.15, 0.2) is 0 Å². The van der Waals surface area contributed by atoms with E-state index in [0.717, 1.165) is 16.3 Å². The maximum Gasteiger partial charge on any atom is 0.355 e. The van der Waals surface area contributed by atoms with Crippen molar-refractivity contribution in [1.29, 1.82) is 0 Å². The van der Waals surface area contributed by atoms with Crippen molar-refractivity contribution < 1.29 is 14.3 Å². The van der Waals surface area contributed by atoms with Crippen LogP contribution in [0.4, 0.5) is 0 Å². The zero-order valence-electron chi connectivity index (χ0n) is 14.4. The molecule has 3 rings (SSSR count). The smallest absolute Gasteiger partial charge is 0.355 e. The zero-order valence-corrected chi connectivity index (χ0v) is 15.2. The minimum Gasteiger partial charge on any atom is -0.486 e. The number of aryl methyl sites for hydroxylation is 3. The van der Waals surface area contributed by atoms with Crippen LogP contribution in [-0.4, -0.2) is 11.0 Å². The summed E-state index contributed by atoms with van der Waals surface area (Å²) in [6.45, 7) is 6.14. The Labute approximate surface area is 151 Å². The number of carbonyl (C=O) groups excluding carboxylic acids is 1. The Balaban J connectivity index is 1.65.